The molecule has 0 radical (unpaired) electrons. The molecule has 8 heteroatoms. The number of nitrogens with two attached hydrogens (primary N) is 1. The van der Waals surface area contributed by atoms with Gasteiger partial charge in [0.1, 0.15) is 17.2 Å². The van der Waals surface area contributed by atoms with Crippen LogP contribution in [0.4, 0.5) is 0 Å². The van der Waals surface area contributed by atoms with E-state index in [1.54, 1.807) is 18.2 Å². The highest BCUT2D eigenvalue weighted by Crippen LogP contribution is 2.35. The van der Waals surface area contributed by atoms with Gasteiger partial charge in [0.25, 0.3) is 10.0 Å². The van der Waals surface area contributed by atoms with Crippen molar-refractivity contribution in [1.82, 2.24) is 0 Å². The first-order valence-electron chi connectivity index (χ1n) is 9.45. The van der Waals surface area contributed by atoms with Crippen LogP contribution in [0.25, 0.3) is 0 Å². The van der Waals surface area contributed by atoms with Gasteiger partial charge in [0.15, 0.2) is 0 Å². The lowest BCUT2D eigenvalue weighted by Crippen LogP contribution is -2.34. The molecule has 1 heterocycles. The summed E-state index contributed by atoms with van der Waals surface area (Å²) in [4.78, 5) is 12.4. The second-order valence-corrected chi connectivity index (χ2v) is 9.89. The van der Waals surface area contributed by atoms with E-state index in [9.17, 15) is 13.2 Å². The predicted octanol–water partition coefficient (Wildman–Crippen LogP) is 3.15. The molecule has 1 aromatic carbocycles. The SMILES string of the molecule is CCC(CC)(COc1cccc2c1C(N)=NS(=O)(=O)C2)CC(=O)OC(C)(C)C. The number of ether oxygens (including phenoxy) is 2. The van der Waals surface area contributed by atoms with Crippen LogP contribution in [-0.2, 0) is 25.3 Å². The number of carbonyl (C=O) groups excluding carboxylic acids is 1. The summed E-state index contributed by atoms with van der Waals surface area (Å²) in [5.41, 5.74) is 6.04. The van der Waals surface area contributed by atoms with Crippen LogP contribution in [-0.4, -0.2) is 32.4 Å². The third kappa shape index (κ3) is 5.47. The second kappa shape index (κ2) is 8.11. The van der Waals surface area contributed by atoms with Crippen LogP contribution in [0.15, 0.2) is 22.6 Å². The smallest absolute Gasteiger partial charge is 0.306 e. The summed E-state index contributed by atoms with van der Waals surface area (Å²) in [7, 11) is -3.60. The maximum absolute atomic E-state index is 12.4. The minimum atomic E-state index is -3.60. The minimum Gasteiger partial charge on any atom is -0.492 e. The first kappa shape index (κ1) is 22.2. The van der Waals surface area contributed by atoms with Gasteiger partial charge in [-0.25, -0.2) is 8.42 Å². The number of esters is 1. The van der Waals surface area contributed by atoms with Crippen molar-refractivity contribution in [3.05, 3.63) is 29.3 Å². The van der Waals surface area contributed by atoms with Crippen molar-refractivity contribution in [1.29, 1.82) is 0 Å². The fourth-order valence-corrected chi connectivity index (χ4v) is 4.29. The summed E-state index contributed by atoms with van der Waals surface area (Å²) in [5.74, 6) is -0.0565. The number of amidine groups is 1. The van der Waals surface area contributed by atoms with Crippen LogP contribution in [0.2, 0.25) is 0 Å². The molecular formula is C20H30N2O5S. The Morgan fingerprint density at radius 2 is 1.86 bits per heavy atom. The van der Waals surface area contributed by atoms with Gasteiger partial charge in [0.2, 0.25) is 0 Å². The number of hydrogen-bond donors (Lipinski definition) is 1. The molecule has 0 aromatic heterocycles. The Bertz CT molecular complexity index is 865. The van der Waals surface area contributed by atoms with Crippen LogP contribution in [0.5, 0.6) is 5.75 Å². The first-order chi connectivity index (χ1) is 12.9. The number of benzene rings is 1. The summed E-state index contributed by atoms with van der Waals surface area (Å²) in [5, 5.41) is 0. The van der Waals surface area contributed by atoms with Gasteiger partial charge >= 0.3 is 5.97 Å². The lowest BCUT2D eigenvalue weighted by Gasteiger charge is -2.32. The molecular weight excluding hydrogens is 380 g/mol. The topological polar surface area (TPSA) is 108 Å². The van der Waals surface area contributed by atoms with Crippen molar-refractivity contribution in [2.75, 3.05) is 6.61 Å². The third-order valence-electron chi connectivity index (χ3n) is 4.92. The third-order valence-corrected chi connectivity index (χ3v) is 6.07. The summed E-state index contributed by atoms with van der Waals surface area (Å²) in [6.45, 7) is 9.84. The normalized spacial score (nSPS) is 16.1. The zero-order valence-corrected chi connectivity index (χ0v) is 18.1. The number of fused-ring (bicyclic) bond motifs is 1. The Hall–Kier alpha value is -2.09. The van der Waals surface area contributed by atoms with Crippen molar-refractivity contribution in [2.45, 2.75) is 65.2 Å². The Kier molecular flexibility index (Phi) is 6.43. The van der Waals surface area contributed by atoms with Crippen LogP contribution in [0, 0.1) is 5.41 Å². The summed E-state index contributed by atoms with van der Waals surface area (Å²) in [6, 6.07) is 5.17. The lowest BCUT2D eigenvalue weighted by molar-refractivity contribution is -0.158. The van der Waals surface area contributed by atoms with Crippen LogP contribution in [0.1, 0.15) is 65.0 Å². The number of hydrogen-bond acceptors (Lipinski definition) is 6. The van der Waals surface area contributed by atoms with Gasteiger partial charge in [-0.15, -0.1) is 4.40 Å². The Labute approximate surface area is 167 Å². The number of sulfonamides is 1. The maximum Gasteiger partial charge on any atom is 0.306 e. The average Bonchev–Trinajstić information content (AvgIpc) is 2.55. The highest BCUT2D eigenvalue weighted by Gasteiger charge is 2.33. The molecule has 0 atom stereocenters. The lowest BCUT2D eigenvalue weighted by atomic mass is 9.80. The van der Waals surface area contributed by atoms with Crippen LogP contribution < -0.4 is 10.5 Å². The van der Waals surface area contributed by atoms with Gasteiger partial charge in [-0.3, -0.25) is 4.79 Å². The Balaban J connectivity index is 2.23. The fraction of sp³-hybridized carbons (Fsp3) is 0.600. The average molecular weight is 411 g/mol. The van der Waals surface area contributed by atoms with E-state index in [2.05, 4.69) is 4.40 Å². The molecule has 0 amide bonds. The van der Waals surface area contributed by atoms with Crippen molar-refractivity contribution in [3.8, 4) is 5.75 Å². The minimum absolute atomic E-state index is 0.0670. The predicted molar refractivity (Wildman–Crippen MR) is 109 cm³/mol. The molecule has 1 aromatic rings. The molecule has 0 saturated heterocycles. The van der Waals surface area contributed by atoms with E-state index < -0.39 is 21.0 Å². The van der Waals surface area contributed by atoms with E-state index in [1.165, 1.54) is 0 Å². The molecule has 1 aliphatic rings. The highest BCUT2D eigenvalue weighted by atomic mass is 32.2. The molecule has 0 saturated carbocycles. The standard InChI is InChI=1S/C20H30N2O5S/c1-6-20(7-2,11-16(23)27-19(3,4)5)13-26-15-10-8-9-14-12-28(24,25)22-18(21)17(14)15/h8-10H,6-7,11-13H2,1-5H3,(H2,21,22). The maximum atomic E-state index is 12.4. The van der Waals surface area contributed by atoms with E-state index >= 15 is 0 Å². The largest absolute Gasteiger partial charge is 0.492 e. The Morgan fingerprint density at radius 3 is 2.43 bits per heavy atom. The van der Waals surface area contributed by atoms with Crippen molar-refractivity contribution in [3.63, 3.8) is 0 Å². The first-order valence-corrected chi connectivity index (χ1v) is 11.1. The van der Waals surface area contributed by atoms with E-state index in [0.717, 1.165) is 12.8 Å². The fourth-order valence-electron chi connectivity index (χ4n) is 3.20. The van der Waals surface area contributed by atoms with Gasteiger partial charge < -0.3 is 15.2 Å². The quantitative estimate of drug-likeness (QED) is 0.692. The molecule has 0 unspecified atom stereocenters. The molecule has 156 valence electrons. The van der Waals surface area contributed by atoms with E-state index in [-0.39, 0.29) is 30.6 Å². The molecule has 0 bridgehead atoms. The second-order valence-electron chi connectivity index (χ2n) is 8.25. The molecule has 0 fully saturated rings. The monoisotopic (exact) mass is 410 g/mol. The van der Waals surface area contributed by atoms with Gasteiger partial charge in [-0.2, -0.15) is 0 Å². The van der Waals surface area contributed by atoms with Gasteiger partial charge in [0, 0.05) is 5.41 Å². The summed E-state index contributed by atoms with van der Waals surface area (Å²) >= 11 is 0. The van der Waals surface area contributed by atoms with E-state index in [0.29, 0.717) is 16.9 Å². The molecule has 28 heavy (non-hydrogen) atoms. The number of carbonyl (C=O) groups is 1. The molecule has 7 nitrogen and oxygen atoms in total. The van der Waals surface area contributed by atoms with E-state index in [1.807, 2.05) is 34.6 Å². The molecule has 0 aliphatic carbocycles. The number of rotatable bonds is 7. The zero-order valence-electron chi connectivity index (χ0n) is 17.2. The van der Waals surface area contributed by atoms with Crippen LogP contribution >= 0.6 is 0 Å². The number of nitrogens with zero attached hydrogens (tertiary/aromatic N) is 1. The molecule has 2 N–H and O–H groups in total. The molecule has 0 spiro atoms. The molecule has 2 rings (SSSR count). The highest BCUT2D eigenvalue weighted by molar-refractivity contribution is 7.89. The summed E-state index contributed by atoms with van der Waals surface area (Å²) in [6.07, 6.45) is 1.70. The van der Waals surface area contributed by atoms with Gasteiger partial charge in [-0.1, -0.05) is 26.0 Å². The van der Waals surface area contributed by atoms with Gasteiger partial charge in [0.05, 0.1) is 24.3 Å². The van der Waals surface area contributed by atoms with E-state index in [4.69, 9.17) is 15.2 Å². The van der Waals surface area contributed by atoms with Crippen molar-refractivity contribution < 1.29 is 22.7 Å². The zero-order chi connectivity index (χ0) is 21.2. The van der Waals surface area contributed by atoms with Crippen molar-refractivity contribution in [2.24, 2.45) is 15.5 Å². The Morgan fingerprint density at radius 1 is 1.21 bits per heavy atom. The van der Waals surface area contributed by atoms with Gasteiger partial charge in [-0.05, 0) is 45.2 Å². The van der Waals surface area contributed by atoms with Crippen LogP contribution in [0.3, 0.4) is 0 Å². The van der Waals surface area contributed by atoms with Crippen molar-refractivity contribution >= 4 is 21.8 Å². The summed E-state index contributed by atoms with van der Waals surface area (Å²) < 4.78 is 38.8. The molecule has 1 aliphatic heterocycles.